The molecule has 8 heavy (non-hydrogen) atoms. The molecule has 0 amide bonds. The predicted octanol–water partition coefficient (Wildman–Crippen LogP) is -0.0569. The Morgan fingerprint density at radius 2 is 2.38 bits per heavy atom. The summed E-state index contributed by atoms with van der Waals surface area (Å²) >= 11 is 0. The van der Waals surface area contributed by atoms with Crippen molar-refractivity contribution in [2.75, 3.05) is 13.1 Å². The van der Waals surface area contributed by atoms with Crippen LogP contribution >= 0.6 is 0 Å². The number of hydrogen-bond donors (Lipinski definition) is 2. The van der Waals surface area contributed by atoms with Crippen molar-refractivity contribution in [3.8, 4) is 0 Å². The first-order valence-electron chi connectivity index (χ1n) is 3.27. The Morgan fingerprint density at radius 1 is 1.62 bits per heavy atom. The lowest BCUT2D eigenvalue weighted by Gasteiger charge is -2.25. The zero-order valence-electron chi connectivity index (χ0n) is 5.35. The van der Waals surface area contributed by atoms with E-state index in [0.717, 1.165) is 19.0 Å². The second kappa shape index (κ2) is 2.46. The van der Waals surface area contributed by atoms with Crippen LogP contribution in [0.2, 0.25) is 0 Å². The lowest BCUT2D eigenvalue weighted by Crippen LogP contribution is -2.44. The van der Waals surface area contributed by atoms with Crippen LogP contribution in [0.15, 0.2) is 0 Å². The SMILES string of the molecule is C[C@@H]1CCNC[C@H]1N. The van der Waals surface area contributed by atoms with Gasteiger partial charge in [0.25, 0.3) is 0 Å². The molecule has 3 N–H and O–H groups in total. The summed E-state index contributed by atoms with van der Waals surface area (Å²) in [7, 11) is 0. The first-order valence-corrected chi connectivity index (χ1v) is 3.27. The van der Waals surface area contributed by atoms with E-state index in [2.05, 4.69) is 12.2 Å². The number of piperidine rings is 1. The molecule has 1 saturated heterocycles. The molecule has 0 aromatic heterocycles. The van der Waals surface area contributed by atoms with Gasteiger partial charge in [-0.25, -0.2) is 0 Å². The number of nitrogens with two attached hydrogens (primary N) is 1. The van der Waals surface area contributed by atoms with E-state index < -0.39 is 0 Å². The van der Waals surface area contributed by atoms with Gasteiger partial charge in [0, 0.05) is 12.6 Å². The maximum Gasteiger partial charge on any atom is 0.0191 e. The minimum atomic E-state index is 0.392. The first-order chi connectivity index (χ1) is 3.80. The third-order valence-electron chi connectivity index (χ3n) is 1.89. The van der Waals surface area contributed by atoms with Crippen molar-refractivity contribution >= 4 is 0 Å². The van der Waals surface area contributed by atoms with Crippen LogP contribution in [0.3, 0.4) is 0 Å². The van der Waals surface area contributed by atoms with Gasteiger partial charge in [-0.2, -0.15) is 0 Å². The molecule has 0 unspecified atom stereocenters. The van der Waals surface area contributed by atoms with Gasteiger partial charge in [0.05, 0.1) is 0 Å². The van der Waals surface area contributed by atoms with Gasteiger partial charge in [-0.15, -0.1) is 0 Å². The lowest BCUT2D eigenvalue weighted by molar-refractivity contribution is 0.348. The zero-order valence-corrected chi connectivity index (χ0v) is 5.35. The van der Waals surface area contributed by atoms with Crippen LogP contribution in [0.25, 0.3) is 0 Å². The van der Waals surface area contributed by atoms with Crippen LogP contribution in [-0.2, 0) is 0 Å². The standard InChI is InChI=1S/C6H14N2/c1-5-2-3-8-4-6(5)7/h5-6,8H,2-4,7H2,1H3/t5-,6-/m1/s1. The molecule has 2 heteroatoms. The molecule has 2 atom stereocenters. The van der Waals surface area contributed by atoms with Gasteiger partial charge in [0.1, 0.15) is 0 Å². The number of nitrogens with one attached hydrogen (secondary N) is 1. The van der Waals surface area contributed by atoms with E-state index in [1.54, 1.807) is 0 Å². The van der Waals surface area contributed by atoms with Crippen LogP contribution in [0.5, 0.6) is 0 Å². The van der Waals surface area contributed by atoms with E-state index in [4.69, 9.17) is 5.73 Å². The van der Waals surface area contributed by atoms with Crippen LogP contribution in [-0.4, -0.2) is 19.1 Å². The summed E-state index contributed by atoms with van der Waals surface area (Å²) in [5, 5.41) is 3.24. The van der Waals surface area contributed by atoms with Gasteiger partial charge >= 0.3 is 0 Å². The molecule has 1 rings (SSSR count). The summed E-state index contributed by atoms with van der Waals surface area (Å²) in [6.07, 6.45) is 1.24. The van der Waals surface area contributed by atoms with Crippen LogP contribution < -0.4 is 11.1 Å². The van der Waals surface area contributed by atoms with Gasteiger partial charge in [-0.05, 0) is 18.9 Å². The highest BCUT2D eigenvalue weighted by Gasteiger charge is 2.15. The first kappa shape index (κ1) is 6.05. The van der Waals surface area contributed by atoms with Crippen molar-refractivity contribution in [3.05, 3.63) is 0 Å². The van der Waals surface area contributed by atoms with E-state index in [9.17, 15) is 0 Å². The Morgan fingerprint density at radius 3 is 2.75 bits per heavy atom. The summed E-state index contributed by atoms with van der Waals surface area (Å²) in [5.74, 6) is 0.719. The van der Waals surface area contributed by atoms with Crippen molar-refractivity contribution in [2.45, 2.75) is 19.4 Å². The van der Waals surface area contributed by atoms with Crippen molar-refractivity contribution in [2.24, 2.45) is 11.7 Å². The molecule has 1 aliphatic rings. The normalized spacial score (nSPS) is 39.8. The molecule has 0 aromatic rings. The molecular weight excluding hydrogens is 100 g/mol. The van der Waals surface area contributed by atoms with E-state index in [0.29, 0.717) is 6.04 Å². The highest BCUT2D eigenvalue weighted by molar-refractivity contribution is 4.76. The molecule has 1 heterocycles. The van der Waals surface area contributed by atoms with E-state index in [-0.39, 0.29) is 0 Å². The minimum Gasteiger partial charge on any atom is -0.326 e. The summed E-state index contributed by atoms with van der Waals surface area (Å²) in [6, 6.07) is 0.392. The fourth-order valence-electron chi connectivity index (χ4n) is 1.01. The van der Waals surface area contributed by atoms with Gasteiger partial charge < -0.3 is 11.1 Å². The van der Waals surface area contributed by atoms with E-state index in [1.807, 2.05) is 0 Å². The minimum absolute atomic E-state index is 0.392. The summed E-state index contributed by atoms with van der Waals surface area (Å²) in [5.41, 5.74) is 5.72. The lowest BCUT2D eigenvalue weighted by atomic mass is 9.96. The molecule has 0 aliphatic carbocycles. The molecular formula is C6H14N2. The van der Waals surface area contributed by atoms with Crippen molar-refractivity contribution in [1.29, 1.82) is 0 Å². The molecule has 48 valence electrons. The Hall–Kier alpha value is -0.0800. The van der Waals surface area contributed by atoms with Crippen molar-refractivity contribution < 1.29 is 0 Å². The highest BCUT2D eigenvalue weighted by Crippen LogP contribution is 2.07. The number of hydrogen-bond acceptors (Lipinski definition) is 2. The molecule has 2 nitrogen and oxygen atoms in total. The maximum atomic E-state index is 5.72. The monoisotopic (exact) mass is 114 g/mol. The summed E-state index contributed by atoms with van der Waals surface area (Å²) in [4.78, 5) is 0. The average Bonchev–Trinajstić information content (AvgIpc) is 1.77. The maximum absolute atomic E-state index is 5.72. The predicted molar refractivity (Wildman–Crippen MR) is 34.6 cm³/mol. The zero-order chi connectivity index (χ0) is 5.98. The van der Waals surface area contributed by atoms with Crippen LogP contribution in [0.1, 0.15) is 13.3 Å². The molecule has 1 fully saturated rings. The van der Waals surface area contributed by atoms with E-state index >= 15 is 0 Å². The Balaban J connectivity index is 2.28. The third-order valence-corrected chi connectivity index (χ3v) is 1.89. The molecule has 0 spiro atoms. The van der Waals surface area contributed by atoms with Gasteiger partial charge in [0.15, 0.2) is 0 Å². The van der Waals surface area contributed by atoms with Gasteiger partial charge in [0.2, 0.25) is 0 Å². The van der Waals surface area contributed by atoms with E-state index in [1.165, 1.54) is 6.42 Å². The van der Waals surface area contributed by atoms with Gasteiger partial charge in [-0.1, -0.05) is 6.92 Å². The smallest absolute Gasteiger partial charge is 0.0191 e. The Bertz CT molecular complexity index is 62.9. The highest BCUT2D eigenvalue weighted by atomic mass is 14.9. The second-order valence-corrected chi connectivity index (χ2v) is 2.63. The second-order valence-electron chi connectivity index (χ2n) is 2.63. The Labute approximate surface area is 50.4 Å². The van der Waals surface area contributed by atoms with Crippen LogP contribution in [0.4, 0.5) is 0 Å². The fraction of sp³-hybridized carbons (Fsp3) is 1.00. The Kier molecular flexibility index (Phi) is 1.86. The molecule has 0 saturated carbocycles. The van der Waals surface area contributed by atoms with Crippen molar-refractivity contribution in [3.63, 3.8) is 0 Å². The molecule has 1 aliphatic heterocycles. The quantitative estimate of drug-likeness (QED) is 0.463. The fourth-order valence-corrected chi connectivity index (χ4v) is 1.01. The van der Waals surface area contributed by atoms with Crippen LogP contribution in [0, 0.1) is 5.92 Å². The largest absolute Gasteiger partial charge is 0.326 e. The molecule has 0 aromatic carbocycles. The van der Waals surface area contributed by atoms with Gasteiger partial charge in [-0.3, -0.25) is 0 Å². The molecule has 0 bridgehead atoms. The topological polar surface area (TPSA) is 38.0 Å². The average molecular weight is 114 g/mol. The van der Waals surface area contributed by atoms with Crippen molar-refractivity contribution in [1.82, 2.24) is 5.32 Å². The summed E-state index contributed by atoms with van der Waals surface area (Å²) in [6.45, 7) is 4.36. The molecule has 0 radical (unpaired) electrons. The number of rotatable bonds is 0. The summed E-state index contributed by atoms with van der Waals surface area (Å²) < 4.78 is 0. The third kappa shape index (κ3) is 1.20.